The molecule has 0 bridgehead atoms. The van der Waals surface area contributed by atoms with E-state index in [1.54, 1.807) is 25.1 Å². The maximum atomic E-state index is 13.6. The van der Waals surface area contributed by atoms with Gasteiger partial charge in [0.2, 0.25) is 5.88 Å². The SMILES string of the molecule is COc1cccc(-c2nnc(CS(=O)(=O)[C@@H](C)[C@H](OC)c3ncc(Cl)cn3)n2[C@H](C)[C@H]2CCCCO2)n1. The zero-order chi connectivity index (χ0) is 26.6. The Kier molecular flexibility index (Phi) is 8.73. The maximum absolute atomic E-state index is 13.6. The molecule has 1 saturated heterocycles. The molecule has 0 unspecified atom stereocenters. The van der Waals surface area contributed by atoms with Gasteiger partial charge >= 0.3 is 0 Å². The molecule has 0 aromatic carbocycles. The van der Waals surface area contributed by atoms with Gasteiger partial charge in [-0.2, -0.15) is 0 Å². The number of hydrogen-bond donors (Lipinski definition) is 0. The molecule has 11 nitrogen and oxygen atoms in total. The van der Waals surface area contributed by atoms with Crippen molar-refractivity contribution in [2.75, 3.05) is 20.8 Å². The van der Waals surface area contributed by atoms with E-state index in [0.717, 1.165) is 19.3 Å². The maximum Gasteiger partial charge on any atom is 0.213 e. The molecule has 200 valence electrons. The van der Waals surface area contributed by atoms with E-state index in [1.807, 2.05) is 11.5 Å². The minimum atomic E-state index is -3.80. The number of aromatic nitrogens is 6. The van der Waals surface area contributed by atoms with Crippen LogP contribution in [0, 0.1) is 0 Å². The van der Waals surface area contributed by atoms with Crippen LogP contribution in [0.25, 0.3) is 11.5 Å². The summed E-state index contributed by atoms with van der Waals surface area (Å²) in [6.45, 7) is 4.22. The summed E-state index contributed by atoms with van der Waals surface area (Å²) in [6.07, 6.45) is 4.70. The molecule has 4 atom stereocenters. The first-order valence-corrected chi connectivity index (χ1v) is 14.1. The van der Waals surface area contributed by atoms with E-state index in [2.05, 4.69) is 25.1 Å². The van der Waals surface area contributed by atoms with Gasteiger partial charge in [-0.15, -0.1) is 10.2 Å². The lowest BCUT2D eigenvalue weighted by molar-refractivity contribution is -0.0125. The number of hydrogen-bond acceptors (Lipinski definition) is 10. The molecule has 3 aromatic heterocycles. The zero-order valence-electron chi connectivity index (χ0n) is 21.2. The Morgan fingerprint density at radius 3 is 2.57 bits per heavy atom. The predicted molar refractivity (Wildman–Crippen MR) is 137 cm³/mol. The summed E-state index contributed by atoms with van der Waals surface area (Å²) >= 11 is 5.89. The molecule has 1 aliphatic rings. The molecular formula is C24H31ClN6O5S. The topological polar surface area (TPSA) is 131 Å². The molecule has 0 saturated carbocycles. The number of nitrogens with zero attached hydrogens (tertiary/aromatic N) is 6. The summed E-state index contributed by atoms with van der Waals surface area (Å²) in [4.78, 5) is 12.8. The average molecular weight is 551 g/mol. The third-order valence-electron chi connectivity index (χ3n) is 6.56. The Morgan fingerprint density at radius 2 is 1.92 bits per heavy atom. The fraction of sp³-hybridized carbons (Fsp3) is 0.542. The Morgan fingerprint density at radius 1 is 1.16 bits per heavy atom. The third kappa shape index (κ3) is 6.08. The Labute approximate surface area is 221 Å². The lowest BCUT2D eigenvalue weighted by Gasteiger charge is -2.30. The van der Waals surface area contributed by atoms with E-state index in [0.29, 0.717) is 34.9 Å². The van der Waals surface area contributed by atoms with E-state index >= 15 is 0 Å². The molecule has 0 aliphatic carbocycles. The third-order valence-corrected chi connectivity index (χ3v) is 8.80. The second kappa shape index (κ2) is 11.8. The van der Waals surface area contributed by atoms with Crippen molar-refractivity contribution in [2.45, 2.75) is 62.4 Å². The highest BCUT2D eigenvalue weighted by Crippen LogP contribution is 2.32. The molecule has 4 heterocycles. The Balaban J connectivity index is 1.70. The number of methoxy groups -OCH3 is 2. The number of sulfone groups is 1. The highest BCUT2D eigenvalue weighted by molar-refractivity contribution is 7.91. The quantitative estimate of drug-likeness (QED) is 0.368. The number of ether oxygens (including phenoxy) is 3. The van der Waals surface area contributed by atoms with Gasteiger partial charge in [-0.25, -0.2) is 23.4 Å². The van der Waals surface area contributed by atoms with Crippen molar-refractivity contribution in [1.82, 2.24) is 29.7 Å². The van der Waals surface area contributed by atoms with Crippen molar-refractivity contribution in [2.24, 2.45) is 0 Å². The van der Waals surface area contributed by atoms with Gasteiger partial charge in [0.05, 0.1) is 29.5 Å². The van der Waals surface area contributed by atoms with Crippen LogP contribution < -0.4 is 4.74 Å². The number of rotatable bonds is 10. The van der Waals surface area contributed by atoms with Crippen LogP contribution in [0.2, 0.25) is 5.02 Å². The summed E-state index contributed by atoms with van der Waals surface area (Å²) in [5, 5.41) is 8.05. The fourth-order valence-corrected chi connectivity index (χ4v) is 5.99. The summed E-state index contributed by atoms with van der Waals surface area (Å²) in [5.74, 6) is 1.02. The van der Waals surface area contributed by atoms with Gasteiger partial charge in [0.1, 0.15) is 23.4 Å². The van der Waals surface area contributed by atoms with Crippen molar-refractivity contribution in [1.29, 1.82) is 0 Å². The average Bonchev–Trinajstić information content (AvgIpc) is 3.32. The standard InChI is InChI=1S/C24H31ClN6O5S/c1-15(19-9-5-6-11-36-19)31-20(29-30-24(31)18-8-7-10-21(28-18)34-3)14-37(32,33)16(2)22(35-4)23-26-12-17(25)13-27-23/h7-8,10,12-13,15-16,19,22H,5-6,9,11,14H2,1-4H3/t15-,16+,19-,22+/m1/s1. The first-order valence-electron chi connectivity index (χ1n) is 12.0. The van der Waals surface area contributed by atoms with E-state index in [4.69, 9.17) is 25.8 Å². The molecule has 0 radical (unpaired) electrons. The van der Waals surface area contributed by atoms with Crippen LogP contribution in [0.5, 0.6) is 5.88 Å². The van der Waals surface area contributed by atoms with Gasteiger partial charge in [0, 0.05) is 32.2 Å². The lowest BCUT2D eigenvalue weighted by Crippen LogP contribution is -2.32. The van der Waals surface area contributed by atoms with Crippen LogP contribution >= 0.6 is 11.6 Å². The second-order valence-electron chi connectivity index (χ2n) is 8.95. The van der Waals surface area contributed by atoms with Gasteiger partial charge in [-0.05, 0) is 39.2 Å². The molecule has 1 aliphatic heterocycles. The molecule has 0 spiro atoms. The van der Waals surface area contributed by atoms with Gasteiger partial charge in [0.25, 0.3) is 0 Å². The highest BCUT2D eigenvalue weighted by Gasteiger charge is 2.36. The van der Waals surface area contributed by atoms with E-state index in [1.165, 1.54) is 26.6 Å². The van der Waals surface area contributed by atoms with Crippen molar-refractivity contribution in [3.05, 3.63) is 47.3 Å². The van der Waals surface area contributed by atoms with Crippen molar-refractivity contribution in [3.8, 4) is 17.4 Å². The summed E-state index contributed by atoms with van der Waals surface area (Å²) in [6, 6.07) is 5.10. The van der Waals surface area contributed by atoms with E-state index < -0.39 is 21.2 Å². The monoisotopic (exact) mass is 550 g/mol. The van der Waals surface area contributed by atoms with Crippen LogP contribution in [-0.4, -0.2) is 70.3 Å². The number of pyridine rings is 1. The van der Waals surface area contributed by atoms with Crippen LogP contribution in [0.15, 0.2) is 30.6 Å². The molecular weight excluding hydrogens is 520 g/mol. The Bertz CT molecular complexity index is 1300. The fourth-order valence-electron chi connectivity index (χ4n) is 4.47. The smallest absolute Gasteiger partial charge is 0.213 e. The van der Waals surface area contributed by atoms with Crippen molar-refractivity contribution < 1.29 is 22.6 Å². The molecule has 0 amide bonds. The normalized spacial score (nSPS) is 18.8. The zero-order valence-corrected chi connectivity index (χ0v) is 22.8. The Hall–Kier alpha value is -2.67. The van der Waals surface area contributed by atoms with Crippen LogP contribution in [0.3, 0.4) is 0 Å². The molecule has 3 aromatic rings. The highest BCUT2D eigenvalue weighted by atomic mass is 35.5. The molecule has 0 N–H and O–H groups in total. The minimum absolute atomic E-state index is 0.109. The first kappa shape index (κ1) is 27.4. The van der Waals surface area contributed by atoms with Crippen LogP contribution in [0.1, 0.15) is 56.9 Å². The van der Waals surface area contributed by atoms with Gasteiger partial charge in [-0.1, -0.05) is 17.7 Å². The van der Waals surface area contributed by atoms with E-state index in [-0.39, 0.29) is 23.7 Å². The largest absolute Gasteiger partial charge is 0.481 e. The van der Waals surface area contributed by atoms with Crippen LogP contribution in [-0.2, 0) is 25.1 Å². The summed E-state index contributed by atoms with van der Waals surface area (Å²) < 4.78 is 45.9. The van der Waals surface area contributed by atoms with Gasteiger partial charge in [-0.3, -0.25) is 0 Å². The second-order valence-corrected chi connectivity index (χ2v) is 11.7. The minimum Gasteiger partial charge on any atom is -0.481 e. The van der Waals surface area contributed by atoms with Crippen molar-refractivity contribution in [3.63, 3.8) is 0 Å². The predicted octanol–water partition coefficient (Wildman–Crippen LogP) is 3.61. The van der Waals surface area contributed by atoms with Gasteiger partial charge in [0.15, 0.2) is 21.5 Å². The van der Waals surface area contributed by atoms with E-state index in [9.17, 15) is 8.42 Å². The number of halogens is 1. The molecule has 37 heavy (non-hydrogen) atoms. The molecule has 1 fully saturated rings. The summed E-state index contributed by atoms with van der Waals surface area (Å²) in [7, 11) is -0.843. The van der Waals surface area contributed by atoms with Gasteiger partial charge < -0.3 is 18.8 Å². The molecule has 4 rings (SSSR count). The molecule has 13 heteroatoms. The first-order chi connectivity index (χ1) is 17.7. The lowest BCUT2D eigenvalue weighted by atomic mass is 10.0. The van der Waals surface area contributed by atoms with Crippen LogP contribution in [0.4, 0.5) is 0 Å². The van der Waals surface area contributed by atoms with Crippen molar-refractivity contribution >= 4 is 21.4 Å². The summed E-state index contributed by atoms with van der Waals surface area (Å²) in [5.41, 5.74) is 0.524.